The zero-order chi connectivity index (χ0) is 15.6. The van der Waals surface area contributed by atoms with Crippen LogP contribution in [0.2, 0.25) is 0 Å². The SMILES string of the molecule is Cc1ccc2cc3c(cc2c1)sc1cc2cc(C)ccc2cc13. The molecular weight excluding hydrogens is 296 g/mol. The van der Waals surface area contributed by atoms with Crippen LogP contribution < -0.4 is 0 Å². The van der Waals surface area contributed by atoms with Crippen molar-refractivity contribution in [1.29, 1.82) is 0 Å². The van der Waals surface area contributed by atoms with E-state index in [4.69, 9.17) is 0 Å². The van der Waals surface area contributed by atoms with Crippen molar-refractivity contribution in [3.8, 4) is 0 Å². The molecule has 0 N–H and O–H groups in total. The van der Waals surface area contributed by atoms with Gasteiger partial charge in [0.1, 0.15) is 0 Å². The molecule has 0 aliphatic rings. The first-order valence-corrected chi connectivity index (χ1v) is 8.76. The number of rotatable bonds is 0. The Bertz CT molecular complexity index is 1130. The maximum absolute atomic E-state index is 2.35. The standard InChI is InChI=1S/C22H16S/c1-13-3-5-15-9-19-20-10-16-6-4-14(2)8-18(16)12-22(20)23-21(19)11-17(15)7-13/h3-12H,1-2H3. The maximum atomic E-state index is 2.35. The lowest BCUT2D eigenvalue weighted by molar-refractivity contribution is 1.51. The Labute approximate surface area is 139 Å². The summed E-state index contributed by atoms with van der Waals surface area (Å²) in [7, 11) is 0. The first-order valence-electron chi connectivity index (χ1n) is 7.94. The Kier molecular flexibility index (Phi) is 2.60. The molecule has 0 saturated carbocycles. The van der Waals surface area contributed by atoms with Crippen molar-refractivity contribution in [3.63, 3.8) is 0 Å². The summed E-state index contributed by atoms with van der Waals surface area (Å²) in [5.74, 6) is 0. The molecule has 0 amide bonds. The average Bonchev–Trinajstić information content (AvgIpc) is 2.86. The number of fused-ring (bicyclic) bond motifs is 5. The molecular formula is C22H16S. The smallest absolute Gasteiger partial charge is 0.0361 e. The van der Waals surface area contributed by atoms with Crippen LogP contribution in [-0.2, 0) is 0 Å². The Morgan fingerprint density at radius 2 is 1.00 bits per heavy atom. The first kappa shape index (κ1) is 13.1. The van der Waals surface area contributed by atoms with Crippen LogP contribution in [0.1, 0.15) is 11.1 Å². The van der Waals surface area contributed by atoms with E-state index < -0.39 is 0 Å². The fourth-order valence-electron chi connectivity index (χ4n) is 3.50. The molecule has 0 unspecified atom stereocenters. The minimum absolute atomic E-state index is 1.32. The van der Waals surface area contributed by atoms with Crippen LogP contribution in [-0.4, -0.2) is 0 Å². The summed E-state index contributed by atoms with van der Waals surface area (Å²) in [4.78, 5) is 0. The molecule has 23 heavy (non-hydrogen) atoms. The van der Waals surface area contributed by atoms with Crippen molar-refractivity contribution >= 4 is 53.1 Å². The molecule has 0 fully saturated rings. The van der Waals surface area contributed by atoms with Crippen LogP contribution >= 0.6 is 11.3 Å². The lowest BCUT2D eigenvalue weighted by Crippen LogP contribution is -1.77. The van der Waals surface area contributed by atoms with E-state index in [1.54, 1.807) is 0 Å². The fourth-order valence-corrected chi connectivity index (χ4v) is 4.67. The zero-order valence-corrected chi connectivity index (χ0v) is 14.0. The number of thiophene rings is 1. The van der Waals surface area contributed by atoms with Crippen molar-refractivity contribution in [1.82, 2.24) is 0 Å². The lowest BCUT2D eigenvalue weighted by Gasteiger charge is -2.02. The molecule has 1 aromatic heterocycles. The number of benzene rings is 4. The molecule has 0 radical (unpaired) electrons. The van der Waals surface area contributed by atoms with Gasteiger partial charge in [-0.1, -0.05) is 47.5 Å². The molecule has 0 aliphatic heterocycles. The van der Waals surface area contributed by atoms with Crippen LogP contribution in [0.4, 0.5) is 0 Å². The van der Waals surface area contributed by atoms with E-state index in [1.807, 2.05) is 11.3 Å². The third-order valence-corrected chi connectivity index (χ3v) is 5.81. The third kappa shape index (κ3) is 1.97. The molecule has 0 atom stereocenters. The summed E-state index contributed by atoms with van der Waals surface area (Å²) in [5.41, 5.74) is 2.64. The molecule has 0 bridgehead atoms. The summed E-state index contributed by atoms with van der Waals surface area (Å²) in [6.45, 7) is 4.31. The third-order valence-electron chi connectivity index (χ3n) is 4.70. The second-order valence-corrected chi connectivity index (χ2v) is 7.58. The Morgan fingerprint density at radius 3 is 1.48 bits per heavy atom. The van der Waals surface area contributed by atoms with Crippen molar-refractivity contribution < 1.29 is 0 Å². The summed E-state index contributed by atoms with van der Waals surface area (Å²) < 4.78 is 2.76. The number of aryl methyl sites for hydroxylation is 2. The van der Waals surface area contributed by atoms with Crippen molar-refractivity contribution in [2.75, 3.05) is 0 Å². The molecule has 110 valence electrons. The van der Waals surface area contributed by atoms with Gasteiger partial charge in [0.2, 0.25) is 0 Å². The summed E-state index contributed by atoms with van der Waals surface area (Å²) in [6.07, 6.45) is 0. The van der Waals surface area contributed by atoms with Crippen molar-refractivity contribution in [3.05, 3.63) is 71.8 Å². The molecule has 0 saturated heterocycles. The minimum Gasteiger partial charge on any atom is -0.135 e. The summed E-state index contributed by atoms with van der Waals surface area (Å²) in [5, 5.41) is 8.08. The number of hydrogen-bond acceptors (Lipinski definition) is 1. The van der Waals surface area contributed by atoms with Crippen LogP contribution in [0.3, 0.4) is 0 Å². The van der Waals surface area contributed by atoms with Crippen LogP contribution in [0.15, 0.2) is 60.7 Å². The van der Waals surface area contributed by atoms with Crippen molar-refractivity contribution in [2.45, 2.75) is 13.8 Å². The fraction of sp³-hybridized carbons (Fsp3) is 0.0909. The van der Waals surface area contributed by atoms with Gasteiger partial charge in [0, 0.05) is 20.2 Å². The van der Waals surface area contributed by atoms with Crippen LogP contribution in [0.5, 0.6) is 0 Å². The predicted octanol–water partition coefficient (Wildman–Crippen LogP) is 6.98. The Hall–Kier alpha value is -2.38. The molecule has 0 aliphatic carbocycles. The lowest BCUT2D eigenvalue weighted by atomic mass is 10.0. The topological polar surface area (TPSA) is 0 Å². The van der Waals surface area contributed by atoms with Gasteiger partial charge in [-0.2, -0.15) is 0 Å². The molecule has 5 aromatic rings. The van der Waals surface area contributed by atoms with E-state index in [0.717, 1.165) is 0 Å². The van der Waals surface area contributed by atoms with Gasteiger partial charge in [0.15, 0.2) is 0 Å². The quantitative estimate of drug-likeness (QED) is 0.289. The number of hydrogen-bond donors (Lipinski definition) is 0. The molecule has 0 spiro atoms. The van der Waals surface area contributed by atoms with E-state index in [2.05, 4.69) is 74.5 Å². The van der Waals surface area contributed by atoms with Gasteiger partial charge in [-0.15, -0.1) is 11.3 Å². The molecule has 5 rings (SSSR count). The zero-order valence-electron chi connectivity index (χ0n) is 13.2. The van der Waals surface area contributed by atoms with Crippen molar-refractivity contribution in [2.24, 2.45) is 0 Å². The van der Waals surface area contributed by atoms with Crippen LogP contribution in [0, 0.1) is 13.8 Å². The normalized spacial score (nSPS) is 11.9. The molecule has 1 heterocycles. The summed E-state index contributed by atoms with van der Waals surface area (Å²) in [6, 6.07) is 22.8. The Balaban J connectivity index is 1.94. The van der Waals surface area contributed by atoms with Gasteiger partial charge >= 0.3 is 0 Å². The highest BCUT2D eigenvalue weighted by atomic mass is 32.1. The average molecular weight is 312 g/mol. The van der Waals surface area contributed by atoms with Gasteiger partial charge in [-0.25, -0.2) is 0 Å². The van der Waals surface area contributed by atoms with Gasteiger partial charge in [-0.3, -0.25) is 0 Å². The summed E-state index contributed by atoms with van der Waals surface area (Å²) >= 11 is 1.90. The van der Waals surface area contributed by atoms with Gasteiger partial charge < -0.3 is 0 Å². The maximum Gasteiger partial charge on any atom is 0.0361 e. The van der Waals surface area contributed by atoms with E-state index in [-0.39, 0.29) is 0 Å². The van der Waals surface area contributed by atoms with Gasteiger partial charge in [0.05, 0.1) is 0 Å². The predicted molar refractivity (Wildman–Crippen MR) is 104 cm³/mol. The Morgan fingerprint density at radius 1 is 0.522 bits per heavy atom. The highest BCUT2D eigenvalue weighted by Gasteiger charge is 2.08. The minimum atomic E-state index is 1.32. The highest BCUT2D eigenvalue weighted by Crippen LogP contribution is 2.38. The first-order chi connectivity index (χ1) is 11.2. The molecule has 4 aromatic carbocycles. The van der Waals surface area contributed by atoms with Gasteiger partial charge in [-0.05, 0) is 59.7 Å². The highest BCUT2D eigenvalue weighted by molar-refractivity contribution is 7.26. The second kappa shape index (κ2) is 4.56. The van der Waals surface area contributed by atoms with E-state index in [1.165, 1.54) is 52.8 Å². The second-order valence-electron chi connectivity index (χ2n) is 6.50. The largest absolute Gasteiger partial charge is 0.135 e. The van der Waals surface area contributed by atoms with Crippen LogP contribution in [0.25, 0.3) is 41.7 Å². The monoisotopic (exact) mass is 312 g/mol. The van der Waals surface area contributed by atoms with Gasteiger partial charge in [0.25, 0.3) is 0 Å². The van der Waals surface area contributed by atoms with E-state index in [0.29, 0.717) is 0 Å². The molecule has 0 nitrogen and oxygen atoms in total. The van der Waals surface area contributed by atoms with E-state index >= 15 is 0 Å². The molecule has 1 heteroatoms. The van der Waals surface area contributed by atoms with E-state index in [9.17, 15) is 0 Å².